The summed E-state index contributed by atoms with van der Waals surface area (Å²) in [7, 11) is 0. The Labute approximate surface area is 112 Å². The highest BCUT2D eigenvalue weighted by molar-refractivity contribution is 5.98. The number of nitroso groups, excluding NO2 is 1. The third-order valence-corrected chi connectivity index (χ3v) is 3.51. The number of hydrogen-bond donors (Lipinski definition) is 0. The first kappa shape index (κ1) is 13.8. The number of Topliss-reactive ketones (excluding diaryl/α,β-unsaturated/α-hetero) is 1. The van der Waals surface area contributed by atoms with Gasteiger partial charge in [-0.25, -0.2) is 0 Å². The maximum Gasteiger partial charge on any atom is 0.254 e. The van der Waals surface area contributed by atoms with Crippen molar-refractivity contribution in [2.75, 3.05) is 0 Å². The molecule has 2 unspecified atom stereocenters. The molecule has 1 fully saturated rings. The highest BCUT2D eigenvalue weighted by atomic mass is 16.3. The lowest BCUT2D eigenvalue weighted by molar-refractivity contribution is -0.131. The third kappa shape index (κ3) is 2.88. The zero-order valence-corrected chi connectivity index (χ0v) is 11.5. The van der Waals surface area contributed by atoms with Gasteiger partial charge in [0.25, 0.3) is 5.91 Å². The van der Waals surface area contributed by atoms with E-state index in [2.05, 4.69) is 10.2 Å². The van der Waals surface area contributed by atoms with Gasteiger partial charge in [0, 0.05) is 5.92 Å². The highest BCUT2D eigenvalue weighted by Gasteiger charge is 2.42. The summed E-state index contributed by atoms with van der Waals surface area (Å²) in [4.78, 5) is 40.2. The number of aliphatic imine (C=N–C) groups is 1. The van der Waals surface area contributed by atoms with Crippen LogP contribution in [-0.4, -0.2) is 35.1 Å². The fourth-order valence-electron chi connectivity index (χ4n) is 2.16. The van der Waals surface area contributed by atoms with Crippen LogP contribution < -0.4 is 0 Å². The van der Waals surface area contributed by atoms with E-state index < -0.39 is 12.2 Å². The normalized spacial score (nSPS) is 24.7. The van der Waals surface area contributed by atoms with Crippen molar-refractivity contribution in [1.82, 2.24) is 4.90 Å². The fraction of sp³-hybridized carbons (Fsp3) is 0.769. The number of nitrogens with zero attached hydrogens (tertiary/aromatic N) is 3. The molecule has 6 heteroatoms. The molecule has 0 spiro atoms. The van der Waals surface area contributed by atoms with E-state index in [0.717, 1.165) is 12.8 Å². The van der Waals surface area contributed by atoms with Gasteiger partial charge < -0.3 is 0 Å². The van der Waals surface area contributed by atoms with Crippen LogP contribution in [0.1, 0.15) is 40.0 Å². The molecular formula is C13H19N3O3. The summed E-state index contributed by atoms with van der Waals surface area (Å²) < 4.78 is 0. The average molecular weight is 265 g/mol. The van der Waals surface area contributed by atoms with Gasteiger partial charge in [0.1, 0.15) is 11.8 Å². The first-order chi connectivity index (χ1) is 8.84. The fourth-order valence-corrected chi connectivity index (χ4v) is 2.16. The van der Waals surface area contributed by atoms with Gasteiger partial charge in [-0.2, -0.15) is 0 Å². The Kier molecular flexibility index (Phi) is 3.52. The van der Waals surface area contributed by atoms with E-state index in [1.54, 1.807) is 0 Å². The van der Waals surface area contributed by atoms with Gasteiger partial charge in [-0.3, -0.25) is 19.5 Å². The smallest absolute Gasteiger partial charge is 0.254 e. The lowest BCUT2D eigenvalue weighted by Crippen LogP contribution is -2.43. The molecule has 6 nitrogen and oxygen atoms in total. The van der Waals surface area contributed by atoms with Gasteiger partial charge in [0.2, 0.25) is 0 Å². The van der Waals surface area contributed by atoms with Crippen LogP contribution in [0.4, 0.5) is 0 Å². The molecule has 2 rings (SSSR count). The van der Waals surface area contributed by atoms with Gasteiger partial charge in [-0.05, 0) is 23.4 Å². The van der Waals surface area contributed by atoms with Crippen LogP contribution >= 0.6 is 0 Å². The molecule has 2 aliphatic rings. The third-order valence-electron chi connectivity index (χ3n) is 3.51. The Morgan fingerprint density at radius 2 is 2.16 bits per heavy atom. The van der Waals surface area contributed by atoms with E-state index in [-0.39, 0.29) is 29.4 Å². The van der Waals surface area contributed by atoms with Gasteiger partial charge in [-0.15, -0.1) is 4.91 Å². The summed E-state index contributed by atoms with van der Waals surface area (Å²) in [6.45, 7) is 5.74. The molecule has 2 atom stereocenters. The molecule has 0 aromatic heterocycles. The molecule has 0 aromatic carbocycles. The van der Waals surface area contributed by atoms with E-state index in [9.17, 15) is 14.5 Å². The van der Waals surface area contributed by atoms with Gasteiger partial charge in [-0.1, -0.05) is 20.8 Å². The van der Waals surface area contributed by atoms with Gasteiger partial charge in [0.15, 0.2) is 6.17 Å². The number of rotatable bonds is 5. The Morgan fingerprint density at radius 1 is 1.53 bits per heavy atom. The molecule has 0 bridgehead atoms. The lowest BCUT2D eigenvalue weighted by atomic mass is 9.87. The molecule has 0 saturated heterocycles. The van der Waals surface area contributed by atoms with Crippen LogP contribution in [-0.2, 0) is 9.59 Å². The van der Waals surface area contributed by atoms with Crippen LogP contribution in [0.5, 0.6) is 0 Å². The van der Waals surface area contributed by atoms with Crippen molar-refractivity contribution in [3.63, 3.8) is 0 Å². The Hall–Kier alpha value is -1.59. The van der Waals surface area contributed by atoms with E-state index in [1.165, 1.54) is 11.2 Å². The molecule has 104 valence electrons. The van der Waals surface area contributed by atoms with Crippen LogP contribution in [0.15, 0.2) is 10.2 Å². The highest BCUT2D eigenvalue weighted by Crippen LogP contribution is 2.33. The molecular weight excluding hydrogens is 246 g/mol. The van der Waals surface area contributed by atoms with Gasteiger partial charge >= 0.3 is 0 Å². The molecule has 1 aliphatic heterocycles. The molecule has 0 N–H and O–H groups in total. The van der Waals surface area contributed by atoms with Crippen LogP contribution in [0.2, 0.25) is 0 Å². The molecule has 0 aromatic rings. The number of carbonyl (C=O) groups excluding carboxylic acids is 2. The largest absolute Gasteiger partial charge is 0.299 e. The maximum atomic E-state index is 12.2. The predicted octanol–water partition coefficient (Wildman–Crippen LogP) is 1.73. The molecule has 1 saturated carbocycles. The SMILES string of the molecule is CC(C)(C)C1N=CN(C(CC(=O)C2CC2)N=O)C1=O. The topological polar surface area (TPSA) is 79.2 Å². The average Bonchev–Trinajstić information content (AvgIpc) is 3.08. The van der Waals surface area contributed by atoms with Crippen molar-refractivity contribution < 1.29 is 9.59 Å². The van der Waals surface area contributed by atoms with E-state index in [1.807, 2.05) is 20.8 Å². The first-order valence-electron chi connectivity index (χ1n) is 6.55. The minimum Gasteiger partial charge on any atom is -0.299 e. The minimum absolute atomic E-state index is 0.00277. The molecule has 1 aliphatic carbocycles. The van der Waals surface area contributed by atoms with Crippen LogP contribution in [0.25, 0.3) is 0 Å². The summed E-state index contributed by atoms with van der Waals surface area (Å²) in [5.74, 6) is -0.164. The molecule has 0 radical (unpaired) electrons. The van der Waals surface area contributed by atoms with Crippen LogP contribution in [0.3, 0.4) is 0 Å². The Morgan fingerprint density at radius 3 is 2.58 bits per heavy atom. The second-order valence-corrected chi connectivity index (χ2v) is 6.31. The van der Waals surface area contributed by atoms with Crippen molar-refractivity contribution >= 4 is 18.0 Å². The number of ketones is 1. The van der Waals surface area contributed by atoms with E-state index in [4.69, 9.17) is 0 Å². The van der Waals surface area contributed by atoms with Gasteiger partial charge in [0.05, 0.1) is 12.8 Å². The first-order valence-corrected chi connectivity index (χ1v) is 6.55. The standard InChI is InChI=1S/C13H19N3O3/c1-13(2,3)11-12(18)16(7-14-11)10(15-19)6-9(17)8-4-5-8/h7-8,10-11H,4-6H2,1-3H3. The van der Waals surface area contributed by atoms with E-state index >= 15 is 0 Å². The van der Waals surface area contributed by atoms with Crippen molar-refractivity contribution in [2.45, 2.75) is 52.2 Å². The van der Waals surface area contributed by atoms with Crippen LogP contribution in [0, 0.1) is 16.2 Å². The molecule has 1 heterocycles. The number of amides is 1. The summed E-state index contributed by atoms with van der Waals surface area (Å²) in [6, 6.07) is -0.507. The monoisotopic (exact) mass is 265 g/mol. The molecule has 1 amide bonds. The quantitative estimate of drug-likeness (QED) is 0.710. The summed E-state index contributed by atoms with van der Waals surface area (Å²) >= 11 is 0. The number of hydrogen-bond acceptors (Lipinski definition) is 5. The van der Waals surface area contributed by atoms with E-state index in [0.29, 0.717) is 0 Å². The Balaban J connectivity index is 2.04. The zero-order valence-electron chi connectivity index (χ0n) is 11.5. The second-order valence-electron chi connectivity index (χ2n) is 6.31. The van der Waals surface area contributed by atoms with Crippen molar-refractivity contribution in [3.8, 4) is 0 Å². The lowest BCUT2D eigenvalue weighted by Gasteiger charge is -2.25. The summed E-state index contributed by atoms with van der Waals surface area (Å²) in [5.41, 5.74) is -0.309. The van der Waals surface area contributed by atoms with Crippen molar-refractivity contribution in [3.05, 3.63) is 4.91 Å². The maximum absolute atomic E-state index is 12.2. The summed E-state index contributed by atoms with van der Waals surface area (Å²) in [6.07, 6.45) is 2.18. The zero-order chi connectivity index (χ0) is 14.2. The second kappa shape index (κ2) is 4.83. The predicted molar refractivity (Wildman–Crippen MR) is 70.5 cm³/mol. The Bertz CT molecular complexity index is 435. The molecule has 19 heavy (non-hydrogen) atoms. The number of carbonyl (C=O) groups is 2. The summed E-state index contributed by atoms with van der Waals surface area (Å²) in [5, 5.41) is 2.93. The van der Waals surface area contributed by atoms with Crippen molar-refractivity contribution in [2.24, 2.45) is 21.5 Å². The minimum atomic E-state index is -0.948. The van der Waals surface area contributed by atoms with Crippen molar-refractivity contribution in [1.29, 1.82) is 0 Å².